The standard InChI is InChI=1S/C13H19N3O5/c1-13(2,3)21-12(17)15-6-4-8-20-11-5-7-14-9-10(11)16(18)19/h5,7,9H,4,6,8H2,1-3H3,(H,15,17). The quantitative estimate of drug-likeness (QED) is 0.491. The van der Waals surface area contributed by atoms with Gasteiger partial charge in [-0.05, 0) is 27.2 Å². The molecule has 116 valence electrons. The molecule has 1 aromatic rings. The first kappa shape index (κ1) is 16.7. The summed E-state index contributed by atoms with van der Waals surface area (Å²) in [5, 5.41) is 13.3. The molecule has 0 saturated heterocycles. The summed E-state index contributed by atoms with van der Waals surface area (Å²) in [6.07, 6.45) is 2.55. The summed E-state index contributed by atoms with van der Waals surface area (Å²) in [4.78, 5) is 25.2. The third-order valence-corrected chi connectivity index (χ3v) is 2.20. The van der Waals surface area contributed by atoms with Crippen LogP contribution in [0.2, 0.25) is 0 Å². The maximum Gasteiger partial charge on any atom is 0.407 e. The number of aromatic nitrogens is 1. The Morgan fingerprint density at radius 3 is 2.81 bits per heavy atom. The maximum atomic E-state index is 11.4. The molecule has 8 nitrogen and oxygen atoms in total. The fourth-order valence-corrected chi connectivity index (χ4v) is 1.39. The summed E-state index contributed by atoms with van der Waals surface area (Å²) in [5.41, 5.74) is -0.726. The molecular formula is C13H19N3O5. The first-order chi connectivity index (χ1) is 9.79. The number of hydrogen-bond donors (Lipinski definition) is 1. The van der Waals surface area contributed by atoms with Gasteiger partial charge in [0.15, 0.2) is 5.75 Å². The fourth-order valence-electron chi connectivity index (χ4n) is 1.39. The van der Waals surface area contributed by atoms with Crippen LogP contribution in [0.25, 0.3) is 0 Å². The molecule has 1 heterocycles. The Kier molecular flexibility index (Phi) is 5.89. The van der Waals surface area contributed by atoms with Crippen molar-refractivity contribution in [2.24, 2.45) is 0 Å². The van der Waals surface area contributed by atoms with E-state index < -0.39 is 16.6 Å². The number of pyridine rings is 1. The summed E-state index contributed by atoms with van der Waals surface area (Å²) >= 11 is 0. The van der Waals surface area contributed by atoms with Crippen molar-refractivity contribution in [2.75, 3.05) is 13.2 Å². The van der Waals surface area contributed by atoms with E-state index in [0.717, 1.165) is 6.20 Å². The van der Waals surface area contributed by atoms with Crippen LogP contribution >= 0.6 is 0 Å². The largest absolute Gasteiger partial charge is 0.487 e. The number of nitrogens with one attached hydrogen (secondary N) is 1. The number of carbonyl (C=O) groups is 1. The number of rotatable bonds is 6. The molecule has 1 aromatic heterocycles. The van der Waals surface area contributed by atoms with Gasteiger partial charge >= 0.3 is 11.8 Å². The van der Waals surface area contributed by atoms with Crippen LogP contribution in [0.5, 0.6) is 5.75 Å². The SMILES string of the molecule is CC(C)(C)OC(=O)NCCCOc1ccncc1[N+](=O)[O-]. The molecule has 0 aliphatic heterocycles. The van der Waals surface area contributed by atoms with Crippen LogP contribution in [0.3, 0.4) is 0 Å². The third kappa shape index (κ3) is 6.55. The van der Waals surface area contributed by atoms with Gasteiger partial charge in [-0.25, -0.2) is 4.79 Å². The molecule has 1 rings (SSSR count). The monoisotopic (exact) mass is 297 g/mol. The zero-order valence-electron chi connectivity index (χ0n) is 12.3. The van der Waals surface area contributed by atoms with Crippen molar-refractivity contribution in [3.05, 3.63) is 28.6 Å². The van der Waals surface area contributed by atoms with Crippen molar-refractivity contribution in [2.45, 2.75) is 32.8 Å². The molecule has 0 atom stereocenters. The second-order valence-electron chi connectivity index (χ2n) is 5.23. The highest BCUT2D eigenvalue weighted by atomic mass is 16.6. The molecule has 0 fully saturated rings. The lowest BCUT2D eigenvalue weighted by Gasteiger charge is -2.19. The van der Waals surface area contributed by atoms with Crippen LogP contribution < -0.4 is 10.1 Å². The lowest BCUT2D eigenvalue weighted by Crippen LogP contribution is -2.33. The van der Waals surface area contributed by atoms with Gasteiger partial charge in [0.25, 0.3) is 0 Å². The van der Waals surface area contributed by atoms with Crippen LogP contribution in [-0.4, -0.2) is 34.8 Å². The van der Waals surface area contributed by atoms with Gasteiger partial charge in [0.1, 0.15) is 11.8 Å². The molecule has 21 heavy (non-hydrogen) atoms. The van der Waals surface area contributed by atoms with Crippen molar-refractivity contribution in [3.63, 3.8) is 0 Å². The number of ether oxygens (including phenoxy) is 2. The maximum absolute atomic E-state index is 11.4. The Morgan fingerprint density at radius 1 is 1.48 bits per heavy atom. The first-order valence-corrected chi connectivity index (χ1v) is 6.47. The molecule has 0 unspecified atom stereocenters. The van der Waals surface area contributed by atoms with Crippen molar-refractivity contribution >= 4 is 11.8 Å². The number of hydrogen-bond acceptors (Lipinski definition) is 6. The number of alkyl carbamates (subject to hydrolysis) is 1. The Bertz CT molecular complexity index is 499. The lowest BCUT2D eigenvalue weighted by molar-refractivity contribution is -0.386. The van der Waals surface area contributed by atoms with Crippen molar-refractivity contribution in [1.82, 2.24) is 10.3 Å². The van der Waals surface area contributed by atoms with Crippen LogP contribution in [0.1, 0.15) is 27.2 Å². The summed E-state index contributed by atoms with van der Waals surface area (Å²) in [5.74, 6) is 0.160. The third-order valence-electron chi connectivity index (χ3n) is 2.20. The second kappa shape index (κ2) is 7.41. The summed E-state index contributed by atoms with van der Waals surface area (Å²) < 4.78 is 10.4. The minimum atomic E-state index is -0.554. The predicted molar refractivity (Wildman–Crippen MR) is 75.2 cm³/mol. The van der Waals surface area contributed by atoms with Gasteiger partial charge in [0.05, 0.1) is 11.5 Å². The smallest absolute Gasteiger partial charge is 0.407 e. The molecule has 8 heteroatoms. The van der Waals surface area contributed by atoms with Crippen LogP contribution in [0, 0.1) is 10.1 Å². The highest BCUT2D eigenvalue weighted by molar-refractivity contribution is 5.67. The zero-order valence-corrected chi connectivity index (χ0v) is 12.3. The molecule has 1 N–H and O–H groups in total. The molecule has 0 aromatic carbocycles. The molecule has 0 saturated carbocycles. The van der Waals surface area contributed by atoms with Crippen molar-refractivity contribution in [3.8, 4) is 5.75 Å². The lowest BCUT2D eigenvalue weighted by atomic mass is 10.2. The fraction of sp³-hybridized carbons (Fsp3) is 0.538. The minimum absolute atomic E-state index is 0.160. The highest BCUT2D eigenvalue weighted by Crippen LogP contribution is 2.24. The molecule has 0 bridgehead atoms. The summed E-state index contributed by atoms with van der Waals surface area (Å²) in [6.45, 7) is 5.92. The van der Waals surface area contributed by atoms with E-state index in [1.54, 1.807) is 20.8 Å². The van der Waals surface area contributed by atoms with E-state index in [-0.39, 0.29) is 18.0 Å². The average Bonchev–Trinajstić information content (AvgIpc) is 2.36. The average molecular weight is 297 g/mol. The van der Waals surface area contributed by atoms with Crippen molar-refractivity contribution in [1.29, 1.82) is 0 Å². The second-order valence-corrected chi connectivity index (χ2v) is 5.23. The number of nitro groups is 1. The Balaban J connectivity index is 2.29. The van der Waals surface area contributed by atoms with E-state index in [9.17, 15) is 14.9 Å². The van der Waals surface area contributed by atoms with Crippen molar-refractivity contribution < 1.29 is 19.2 Å². The van der Waals surface area contributed by atoms with E-state index in [1.807, 2.05) is 0 Å². The first-order valence-electron chi connectivity index (χ1n) is 6.47. The minimum Gasteiger partial charge on any atom is -0.487 e. The topological polar surface area (TPSA) is 104 Å². The Morgan fingerprint density at radius 2 is 2.19 bits per heavy atom. The van der Waals surface area contributed by atoms with Crippen LogP contribution in [0.4, 0.5) is 10.5 Å². The predicted octanol–water partition coefficient (Wildman–Crippen LogP) is 2.28. The van der Waals surface area contributed by atoms with Gasteiger partial charge in [0, 0.05) is 18.8 Å². The molecule has 1 amide bonds. The molecule has 0 aliphatic rings. The van der Waals surface area contributed by atoms with Crippen LogP contribution in [-0.2, 0) is 4.74 Å². The molecule has 0 radical (unpaired) electrons. The van der Waals surface area contributed by atoms with Gasteiger partial charge in [0.2, 0.25) is 0 Å². The molecular weight excluding hydrogens is 278 g/mol. The number of amides is 1. The number of carbonyl (C=O) groups excluding carboxylic acids is 1. The summed E-state index contributed by atoms with van der Waals surface area (Å²) in [6, 6.07) is 1.43. The normalized spacial score (nSPS) is 10.8. The van der Waals surface area contributed by atoms with Gasteiger partial charge in [-0.3, -0.25) is 15.1 Å². The van der Waals surface area contributed by atoms with E-state index in [4.69, 9.17) is 9.47 Å². The number of nitrogens with zero attached hydrogens (tertiary/aromatic N) is 2. The van der Waals surface area contributed by atoms with E-state index in [2.05, 4.69) is 10.3 Å². The highest BCUT2D eigenvalue weighted by Gasteiger charge is 2.16. The van der Waals surface area contributed by atoms with E-state index in [0.29, 0.717) is 13.0 Å². The summed E-state index contributed by atoms with van der Waals surface area (Å²) in [7, 11) is 0. The van der Waals surface area contributed by atoms with Gasteiger partial charge in [-0.1, -0.05) is 0 Å². The van der Waals surface area contributed by atoms with Gasteiger partial charge in [-0.2, -0.15) is 0 Å². The Labute approximate surface area is 122 Å². The zero-order chi connectivity index (χ0) is 15.9. The molecule has 0 spiro atoms. The van der Waals surface area contributed by atoms with Crippen LogP contribution in [0.15, 0.2) is 18.5 Å². The Hall–Kier alpha value is -2.38. The molecule has 0 aliphatic carbocycles. The van der Waals surface area contributed by atoms with E-state index in [1.165, 1.54) is 12.3 Å². The van der Waals surface area contributed by atoms with Gasteiger partial charge in [-0.15, -0.1) is 0 Å². The van der Waals surface area contributed by atoms with E-state index >= 15 is 0 Å². The van der Waals surface area contributed by atoms with Gasteiger partial charge < -0.3 is 14.8 Å².